The Morgan fingerprint density at radius 3 is 2.78 bits per heavy atom. The van der Waals surface area contributed by atoms with E-state index in [0.717, 1.165) is 26.3 Å². The van der Waals surface area contributed by atoms with E-state index in [9.17, 15) is 14.9 Å². The maximum Gasteiger partial charge on any atom is 0.344 e. The van der Waals surface area contributed by atoms with Crippen molar-refractivity contribution in [1.29, 1.82) is 0 Å². The Labute approximate surface area is 134 Å². The number of ether oxygens (including phenoxy) is 2. The van der Waals surface area contributed by atoms with Crippen molar-refractivity contribution >= 4 is 17.3 Å². The van der Waals surface area contributed by atoms with Gasteiger partial charge in [-0.15, -0.1) is 0 Å². The van der Waals surface area contributed by atoms with Crippen LogP contribution in [0.3, 0.4) is 0 Å². The molecule has 0 amide bonds. The van der Waals surface area contributed by atoms with Crippen LogP contribution in [0.4, 0.5) is 11.4 Å². The summed E-state index contributed by atoms with van der Waals surface area (Å²) in [6.45, 7) is 6.00. The molecular weight excluding hydrogens is 302 g/mol. The summed E-state index contributed by atoms with van der Waals surface area (Å²) in [5.74, 6) is -0.721. The lowest BCUT2D eigenvalue weighted by atomic mass is 10.1. The number of carbonyl (C=O) groups excluding carboxylic acids is 1. The molecule has 8 nitrogen and oxygen atoms in total. The Morgan fingerprint density at radius 2 is 2.17 bits per heavy atom. The van der Waals surface area contributed by atoms with Crippen LogP contribution in [-0.4, -0.2) is 61.8 Å². The molecular formula is C15H21N3O5. The van der Waals surface area contributed by atoms with Crippen molar-refractivity contribution in [3.63, 3.8) is 0 Å². The molecule has 0 radical (unpaired) electrons. The molecule has 0 aliphatic carbocycles. The number of methoxy groups -OCH3 is 1. The van der Waals surface area contributed by atoms with E-state index in [1.54, 1.807) is 6.07 Å². The van der Waals surface area contributed by atoms with Gasteiger partial charge in [-0.1, -0.05) is 0 Å². The molecule has 1 N–H and O–H groups in total. The van der Waals surface area contributed by atoms with E-state index in [4.69, 9.17) is 4.74 Å². The van der Waals surface area contributed by atoms with Crippen LogP contribution in [-0.2, 0) is 9.47 Å². The summed E-state index contributed by atoms with van der Waals surface area (Å²) in [7, 11) is 1.20. The zero-order chi connectivity index (χ0) is 16.8. The molecule has 2 rings (SSSR count). The van der Waals surface area contributed by atoms with Gasteiger partial charge in [0.05, 0.1) is 25.2 Å². The highest BCUT2D eigenvalue weighted by Gasteiger charge is 2.22. The Hall–Kier alpha value is -2.19. The molecule has 1 aromatic carbocycles. The van der Waals surface area contributed by atoms with E-state index in [1.165, 1.54) is 19.2 Å². The largest absolute Gasteiger partial charge is 0.465 e. The van der Waals surface area contributed by atoms with Crippen LogP contribution in [0.2, 0.25) is 0 Å². The minimum absolute atomic E-state index is 0.0541. The van der Waals surface area contributed by atoms with Crippen LogP contribution in [0.25, 0.3) is 0 Å². The number of anilines is 1. The molecule has 0 aromatic heterocycles. The second kappa shape index (κ2) is 7.89. The fourth-order valence-corrected chi connectivity index (χ4v) is 2.49. The van der Waals surface area contributed by atoms with Gasteiger partial charge in [-0.05, 0) is 19.1 Å². The molecule has 0 unspecified atom stereocenters. The third-order valence-corrected chi connectivity index (χ3v) is 3.87. The van der Waals surface area contributed by atoms with Crippen LogP contribution < -0.4 is 5.32 Å². The predicted octanol–water partition coefficient (Wildman–Crippen LogP) is 1.51. The molecule has 1 fully saturated rings. The lowest BCUT2D eigenvalue weighted by Crippen LogP contribution is -2.45. The summed E-state index contributed by atoms with van der Waals surface area (Å²) >= 11 is 0. The molecule has 1 aliphatic rings. The maximum atomic E-state index is 11.7. The Kier molecular flexibility index (Phi) is 5.89. The smallest absolute Gasteiger partial charge is 0.344 e. The number of hydrogen-bond donors (Lipinski definition) is 1. The summed E-state index contributed by atoms with van der Waals surface area (Å²) in [4.78, 5) is 24.4. The number of rotatable bonds is 6. The topological polar surface area (TPSA) is 93.9 Å². The van der Waals surface area contributed by atoms with Crippen LogP contribution in [0.1, 0.15) is 17.3 Å². The average molecular weight is 323 g/mol. The van der Waals surface area contributed by atoms with Crippen molar-refractivity contribution < 1.29 is 19.2 Å². The van der Waals surface area contributed by atoms with E-state index in [0.29, 0.717) is 12.2 Å². The van der Waals surface area contributed by atoms with Crippen molar-refractivity contribution in [3.05, 3.63) is 33.9 Å². The second-order valence-electron chi connectivity index (χ2n) is 5.36. The van der Waals surface area contributed by atoms with Gasteiger partial charge in [0.2, 0.25) is 0 Å². The first-order chi connectivity index (χ1) is 11.0. The van der Waals surface area contributed by atoms with Gasteiger partial charge >= 0.3 is 5.97 Å². The number of nitro groups is 1. The van der Waals surface area contributed by atoms with Crippen molar-refractivity contribution in [2.24, 2.45) is 0 Å². The van der Waals surface area contributed by atoms with Gasteiger partial charge in [0.15, 0.2) is 0 Å². The van der Waals surface area contributed by atoms with Gasteiger partial charge < -0.3 is 14.8 Å². The normalized spacial score (nSPS) is 16.6. The molecule has 8 heteroatoms. The Bertz CT molecular complexity index is 572. The number of nitro benzene ring substituents is 1. The van der Waals surface area contributed by atoms with Gasteiger partial charge in [-0.2, -0.15) is 0 Å². The van der Waals surface area contributed by atoms with Crippen LogP contribution in [0, 0.1) is 10.1 Å². The van der Waals surface area contributed by atoms with Crippen molar-refractivity contribution in [2.75, 3.05) is 45.3 Å². The lowest BCUT2D eigenvalue weighted by Gasteiger charge is -2.32. The fraction of sp³-hybridized carbons (Fsp3) is 0.533. The van der Waals surface area contributed by atoms with Gasteiger partial charge in [-0.3, -0.25) is 15.0 Å². The summed E-state index contributed by atoms with van der Waals surface area (Å²) in [5.41, 5.74) is 0.335. The number of esters is 1. The molecule has 0 bridgehead atoms. The van der Waals surface area contributed by atoms with Crippen molar-refractivity contribution in [2.45, 2.75) is 13.0 Å². The zero-order valence-electron chi connectivity index (χ0n) is 13.3. The number of nitrogens with one attached hydrogen (secondary N) is 1. The van der Waals surface area contributed by atoms with E-state index in [2.05, 4.69) is 21.9 Å². The van der Waals surface area contributed by atoms with Gasteiger partial charge in [0, 0.05) is 37.4 Å². The molecule has 1 heterocycles. The van der Waals surface area contributed by atoms with Gasteiger partial charge in [-0.25, -0.2) is 4.79 Å². The molecule has 126 valence electrons. The molecule has 0 spiro atoms. The third-order valence-electron chi connectivity index (χ3n) is 3.87. The summed E-state index contributed by atoms with van der Waals surface area (Å²) in [6, 6.07) is 4.65. The quantitative estimate of drug-likeness (QED) is 0.482. The molecule has 1 atom stereocenters. The number of benzene rings is 1. The molecule has 23 heavy (non-hydrogen) atoms. The first kappa shape index (κ1) is 17.2. The SMILES string of the molecule is COC(=O)c1cc(NC[C@@H](C)N2CCOCC2)ccc1[N+](=O)[O-]. The summed E-state index contributed by atoms with van der Waals surface area (Å²) < 4.78 is 9.93. The minimum atomic E-state index is -0.721. The predicted molar refractivity (Wildman–Crippen MR) is 84.8 cm³/mol. The van der Waals surface area contributed by atoms with Gasteiger partial charge in [0.1, 0.15) is 5.56 Å². The standard InChI is InChI=1S/C15H21N3O5/c1-11(17-5-7-23-8-6-17)10-16-12-3-4-14(18(20)21)13(9-12)15(19)22-2/h3-4,9,11,16H,5-8,10H2,1-2H3/t11-/m1/s1. The highest BCUT2D eigenvalue weighted by molar-refractivity contribution is 5.95. The van der Waals surface area contributed by atoms with Crippen molar-refractivity contribution in [3.8, 4) is 0 Å². The van der Waals surface area contributed by atoms with E-state index >= 15 is 0 Å². The fourth-order valence-electron chi connectivity index (χ4n) is 2.49. The summed E-state index contributed by atoms with van der Waals surface area (Å²) in [6.07, 6.45) is 0. The zero-order valence-corrected chi connectivity index (χ0v) is 13.3. The highest BCUT2D eigenvalue weighted by Crippen LogP contribution is 2.23. The highest BCUT2D eigenvalue weighted by atomic mass is 16.6. The van der Waals surface area contributed by atoms with Crippen molar-refractivity contribution in [1.82, 2.24) is 4.90 Å². The second-order valence-corrected chi connectivity index (χ2v) is 5.36. The number of morpholine rings is 1. The van der Waals surface area contributed by atoms with Gasteiger partial charge in [0.25, 0.3) is 5.69 Å². The monoisotopic (exact) mass is 323 g/mol. The van der Waals surface area contributed by atoms with Crippen LogP contribution in [0.15, 0.2) is 18.2 Å². The Morgan fingerprint density at radius 1 is 1.48 bits per heavy atom. The minimum Gasteiger partial charge on any atom is -0.465 e. The van der Waals surface area contributed by atoms with E-state index in [-0.39, 0.29) is 17.3 Å². The first-order valence-corrected chi connectivity index (χ1v) is 7.45. The van der Waals surface area contributed by atoms with E-state index < -0.39 is 10.9 Å². The Balaban J connectivity index is 2.05. The summed E-state index contributed by atoms with van der Waals surface area (Å²) in [5, 5.41) is 14.2. The first-order valence-electron chi connectivity index (χ1n) is 7.45. The molecule has 0 saturated carbocycles. The average Bonchev–Trinajstić information content (AvgIpc) is 2.59. The number of nitrogens with zero attached hydrogens (tertiary/aromatic N) is 2. The molecule has 1 aromatic rings. The third kappa shape index (κ3) is 4.40. The van der Waals surface area contributed by atoms with Crippen LogP contribution >= 0.6 is 0 Å². The van der Waals surface area contributed by atoms with E-state index in [1.807, 2.05) is 0 Å². The molecule has 1 saturated heterocycles. The lowest BCUT2D eigenvalue weighted by molar-refractivity contribution is -0.385. The molecule has 1 aliphatic heterocycles. The maximum absolute atomic E-state index is 11.7. The van der Waals surface area contributed by atoms with Crippen LogP contribution in [0.5, 0.6) is 0 Å². The number of carbonyl (C=O) groups is 1. The number of hydrogen-bond acceptors (Lipinski definition) is 7.